The molecule has 0 bridgehead atoms. The van der Waals surface area contributed by atoms with Gasteiger partial charge in [-0.2, -0.15) is 0 Å². The number of carbonyl (C=O) groups is 1. The van der Waals surface area contributed by atoms with E-state index in [0.29, 0.717) is 6.42 Å². The van der Waals surface area contributed by atoms with Crippen molar-refractivity contribution in [1.82, 2.24) is 0 Å². The fourth-order valence-corrected chi connectivity index (χ4v) is 2.93. The van der Waals surface area contributed by atoms with Crippen LogP contribution in [0, 0.1) is 0 Å². The molecule has 1 unspecified atom stereocenters. The molecule has 0 saturated heterocycles. The molecule has 20 heavy (non-hydrogen) atoms. The van der Waals surface area contributed by atoms with E-state index in [0.717, 1.165) is 21.1 Å². The lowest BCUT2D eigenvalue weighted by atomic mass is 10.1. The zero-order valence-corrected chi connectivity index (χ0v) is 12.3. The molecule has 1 heterocycles. The molecule has 4 nitrogen and oxygen atoms in total. The minimum atomic E-state index is -0.614. The second-order valence-corrected chi connectivity index (χ2v) is 5.50. The number of ether oxygens (including phenoxy) is 2. The van der Waals surface area contributed by atoms with Crippen molar-refractivity contribution < 1.29 is 14.3 Å². The lowest BCUT2D eigenvalue weighted by Crippen LogP contribution is -2.33. The van der Waals surface area contributed by atoms with Crippen molar-refractivity contribution in [2.45, 2.75) is 12.5 Å². The fraction of sp³-hybridized carbons (Fsp3) is 0.267. The van der Waals surface area contributed by atoms with Gasteiger partial charge in [0, 0.05) is 16.2 Å². The largest absolute Gasteiger partial charge is 0.497 e. The number of hydrogen-bond acceptors (Lipinski definition) is 5. The van der Waals surface area contributed by atoms with Gasteiger partial charge in [0.1, 0.15) is 11.8 Å². The average molecular weight is 291 g/mol. The average Bonchev–Trinajstić information content (AvgIpc) is 2.94. The Kier molecular flexibility index (Phi) is 4.76. The van der Waals surface area contributed by atoms with Crippen LogP contribution in [-0.4, -0.2) is 26.2 Å². The van der Waals surface area contributed by atoms with Crippen molar-refractivity contribution in [2.75, 3.05) is 14.2 Å². The molecule has 5 heteroatoms. The highest BCUT2D eigenvalue weighted by molar-refractivity contribution is 7.15. The molecule has 0 aliphatic heterocycles. The van der Waals surface area contributed by atoms with E-state index in [1.807, 2.05) is 36.4 Å². The molecule has 0 aliphatic carbocycles. The second kappa shape index (κ2) is 6.54. The fourth-order valence-electron chi connectivity index (χ4n) is 1.87. The highest BCUT2D eigenvalue weighted by Crippen LogP contribution is 2.30. The molecule has 2 N–H and O–H groups in total. The predicted octanol–water partition coefficient (Wildman–Crippen LogP) is 2.47. The summed E-state index contributed by atoms with van der Waals surface area (Å²) in [6, 6.07) is 11.3. The van der Waals surface area contributed by atoms with E-state index in [9.17, 15) is 4.79 Å². The van der Waals surface area contributed by atoms with E-state index in [2.05, 4.69) is 4.74 Å². The minimum Gasteiger partial charge on any atom is -0.497 e. The number of nitrogens with two attached hydrogens (primary N) is 1. The van der Waals surface area contributed by atoms with Gasteiger partial charge in [0.15, 0.2) is 0 Å². The molecule has 0 fully saturated rings. The molecule has 1 aromatic heterocycles. The number of carbonyl (C=O) groups excluding carboxylic acids is 1. The number of rotatable bonds is 5. The van der Waals surface area contributed by atoms with Crippen LogP contribution in [0.2, 0.25) is 0 Å². The van der Waals surface area contributed by atoms with Gasteiger partial charge >= 0.3 is 5.97 Å². The Bertz CT molecular complexity index is 594. The molecule has 0 spiro atoms. The molecule has 0 radical (unpaired) electrons. The molecular formula is C15H17NO3S. The summed E-state index contributed by atoms with van der Waals surface area (Å²) >= 11 is 1.62. The first-order valence-corrected chi connectivity index (χ1v) is 7.02. The van der Waals surface area contributed by atoms with E-state index in [1.165, 1.54) is 7.11 Å². The SMILES string of the molecule is COC(=O)C(N)Cc1ccc(-c2cccc(OC)c2)s1. The Hall–Kier alpha value is -1.85. The monoisotopic (exact) mass is 291 g/mol. The molecule has 1 atom stereocenters. The number of hydrogen-bond donors (Lipinski definition) is 1. The van der Waals surface area contributed by atoms with Gasteiger partial charge in [0.25, 0.3) is 0 Å². The third-order valence-electron chi connectivity index (χ3n) is 2.94. The van der Waals surface area contributed by atoms with Crippen molar-refractivity contribution >= 4 is 17.3 Å². The van der Waals surface area contributed by atoms with Crippen molar-refractivity contribution in [3.8, 4) is 16.2 Å². The van der Waals surface area contributed by atoms with Gasteiger partial charge in [0.05, 0.1) is 14.2 Å². The molecule has 0 saturated carbocycles. The van der Waals surface area contributed by atoms with Crippen molar-refractivity contribution in [3.05, 3.63) is 41.3 Å². The Morgan fingerprint density at radius 2 is 2.10 bits per heavy atom. The maximum absolute atomic E-state index is 11.3. The summed E-state index contributed by atoms with van der Waals surface area (Å²) in [4.78, 5) is 13.5. The van der Waals surface area contributed by atoms with E-state index in [1.54, 1.807) is 18.4 Å². The highest BCUT2D eigenvalue weighted by Gasteiger charge is 2.15. The van der Waals surface area contributed by atoms with E-state index < -0.39 is 6.04 Å². The van der Waals surface area contributed by atoms with Crippen molar-refractivity contribution in [3.63, 3.8) is 0 Å². The quantitative estimate of drug-likeness (QED) is 0.860. The Labute approximate surface area is 122 Å². The number of thiophene rings is 1. The molecular weight excluding hydrogens is 274 g/mol. The van der Waals surface area contributed by atoms with Crippen LogP contribution in [0.1, 0.15) is 4.88 Å². The van der Waals surface area contributed by atoms with Crippen LogP contribution in [0.3, 0.4) is 0 Å². The first-order chi connectivity index (χ1) is 9.63. The molecule has 2 aromatic rings. The Balaban J connectivity index is 2.14. The van der Waals surface area contributed by atoms with Crippen LogP contribution in [-0.2, 0) is 16.0 Å². The summed E-state index contributed by atoms with van der Waals surface area (Å²) in [5.74, 6) is 0.435. The standard InChI is InChI=1S/C15H17NO3S/c1-18-11-5-3-4-10(8-11)14-7-6-12(20-14)9-13(16)15(17)19-2/h3-8,13H,9,16H2,1-2H3. The first kappa shape index (κ1) is 14.6. The van der Waals surface area contributed by atoms with Gasteiger partial charge in [-0.05, 0) is 29.8 Å². The van der Waals surface area contributed by atoms with Crippen LogP contribution < -0.4 is 10.5 Å². The maximum Gasteiger partial charge on any atom is 0.323 e. The van der Waals surface area contributed by atoms with E-state index in [4.69, 9.17) is 10.5 Å². The number of methoxy groups -OCH3 is 2. The predicted molar refractivity (Wildman–Crippen MR) is 80.0 cm³/mol. The Morgan fingerprint density at radius 1 is 1.30 bits per heavy atom. The summed E-state index contributed by atoms with van der Waals surface area (Å²) in [6.45, 7) is 0. The number of esters is 1. The van der Waals surface area contributed by atoms with E-state index >= 15 is 0 Å². The van der Waals surface area contributed by atoms with Gasteiger partial charge in [-0.25, -0.2) is 0 Å². The van der Waals surface area contributed by atoms with Gasteiger partial charge in [-0.15, -0.1) is 11.3 Å². The van der Waals surface area contributed by atoms with Crippen molar-refractivity contribution in [2.24, 2.45) is 5.73 Å². The molecule has 2 rings (SSSR count). The Morgan fingerprint density at radius 3 is 2.80 bits per heavy atom. The summed E-state index contributed by atoms with van der Waals surface area (Å²) in [6.07, 6.45) is 0.487. The van der Waals surface area contributed by atoms with Gasteiger partial charge in [0.2, 0.25) is 0 Å². The van der Waals surface area contributed by atoms with Gasteiger partial charge in [-0.3, -0.25) is 4.79 Å². The third-order valence-corrected chi connectivity index (χ3v) is 4.10. The zero-order valence-electron chi connectivity index (χ0n) is 11.5. The summed E-state index contributed by atoms with van der Waals surface area (Å²) in [5.41, 5.74) is 6.86. The summed E-state index contributed by atoms with van der Waals surface area (Å²) in [7, 11) is 2.99. The lowest BCUT2D eigenvalue weighted by Gasteiger charge is -2.06. The maximum atomic E-state index is 11.3. The molecule has 1 aromatic carbocycles. The van der Waals surface area contributed by atoms with Crippen molar-refractivity contribution in [1.29, 1.82) is 0 Å². The van der Waals surface area contributed by atoms with E-state index in [-0.39, 0.29) is 5.97 Å². The van der Waals surface area contributed by atoms with Crippen LogP contribution in [0.15, 0.2) is 36.4 Å². The van der Waals surface area contributed by atoms with Gasteiger partial charge in [-0.1, -0.05) is 12.1 Å². The molecule has 0 amide bonds. The van der Waals surface area contributed by atoms with Crippen LogP contribution >= 0.6 is 11.3 Å². The normalized spacial score (nSPS) is 11.9. The second-order valence-electron chi connectivity index (χ2n) is 4.33. The smallest absolute Gasteiger partial charge is 0.323 e. The first-order valence-electron chi connectivity index (χ1n) is 6.20. The molecule has 106 valence electrons. The summed E-state index contributed by atoms with van der Waals surface area (Å²) in [5, 5.41) is 0. The van der Waals surface area contributed by atoms with Gasteiger partial charge < -0.3 is 15.2 Å². The lowest BCUT2D eigenvalue weighted by molar-refractivity contribution is -0.142. The van der Waals surface area contributed by atoms with Crippen LogP contribution in [0.25, 0.3) is 10.4 Å². The summed E-state index contributed by atoms with van der Waals surface area (Å²) < 4.78 is 9.85. The zero-order chi connectivity index (χ0) is 14.5. The highest BCUT2D eigenvalue weighted by atomic mass is 32.1. The third kappa shape index (κ3) is 3.37. The van der Waals surface area contributed by atoms with Crippen LogP contribution in [0.4, 0.5) is 0 Å². The number of benzene rings is 1. The van der Waals surface area contributed by atoms with Crippen LogP contribution in [0.5, 0.6) is 5.75 Å². The minimum absolute atomic E-state index is 0.388. The topological polar surface area (TPSA) is 61.5 Å². The molecule has 0 aliphatic rings.